The van der Waals surface area contributed by atoms with E-state index in [1.165, 1.54) is 12.1 Å². The Morgan fingerprint density at radius 1 is 1.08 bits per heavy atom. The van der Waals surface area contributed by atoms with Crippen LogP contribution in [-0.4, -0.2) is 31.0 Å². The van der Waals surface area contributed by atoms with Crippen LogP contribution in [0.4, 0.5) is 5.69 Å². The van der Waals surface area contributed by atoms with Crippen molar-refractivity contribution < 1.29 is 17.9 Å². The number of ether oxygens (including phenoxy) is 2. The molecule has 0 radical (unpaired) electrons. The fraction of sp³-hybridized carbons (Fsp3) is 0.188. The standard InChI is InChI=1S/C16H15N3O4S/c1-11-9-19-10-12(2-5-16(19)17-11)18-24(20,21)13-3-4-14-15(8-13)23-7-6-22-14/h2-5,8-10,18H,6-7H2,1H3. The molecule has 3 aromatic rings. The zero-order valence-electron chi connectivity index (χ0n) is 12.9. The first kappa shape index (κ1) is 14.8. The Kier molecular flexibility index (Phi) is 3.34. The number of benzene rings is 1. The van der Waals surface area contributed by atoms with Gasteiger partial charge in [-0.3, -0.25) is 4.72 Å². The van der Waals surface area contributed by atoms with Gasteiger partial charge in [0.2, 0.25) is 0 Å². The van der Waals surface area contributed by atoms with Crippen molar-refractivity contribution in [2.45, 2.75) is 11.8 Å². The van der Waals surface area contributed by atoms with Crippen molar-refractivity contribution >= 4 is 21.4 Å². The molecule has 0 atom stereocenters. The predicted octanol–water partition coefficient (Wildman–Crippen LogP) is 2.21. The predicted molar refractivity (Wildman–Crippen MR) is 88.2 cm³/mol. The van der Waals surface area contributed by atoms with Crippen LogP contribution in [0.25, 0.3) is 5.65 Å². The van der Waals surface area contributed by atoms with Gasteiger partial charge in [0.25, 0.3) is 10.0 Å². The summed E-state index contributed by atoms with van der Waals surface area (Å²) in [5.74, 6) is 0.986. The van der Waals surface area contributed by atoms with Crippen molar-refractivity contribution in [2.24, 2.45) is 0 Å². The highest BCUT2D eigenvalue weighted by Crippen LogP contribution is 2.32. The van der Waals surface area contributed by atoms with Crippen LogP contribution in [0.1, 0.15) is 5.69 Å². The Morgan fingerprint density at radius 3 is 2.71 bits per heavy atom. The van der Waals surface area contributed by atoms with Gasteiger partial charge in [-0.1, -0.05) is 0 Å². The molecule has 1 aliphatic heterocycles. The Labute approximate surface area is 138 Å². The van der Waals surface area contributed by atoms with E-state index in [1.807, 2.05) is 13.1 Å². The van der Waals surface area contributed by atoms with E-state index in [2.05, 4.69) is 9.71 Å². The number of hydrogen-bond donors (Lipinski definition) is 1. The summed E-state index contributed by atoms with van der Waals surface area (Å²) in [7, 11) is -3.73. The van der Waals surface area contributed by atoms with Crippen molar-refractivity contribution in [3.8, 4) is 11.5 Å². The second-order valence-electron chi connectivity index (χ2n) is 5.48. The molecule has 7 nitrogen and oxygen atoms in total. The smallest absolute Gasteiger partial charge is 0.262 e. The first-order valence-electron chi connectivity index (χ1n) is 7.39. The van der Waals surface area contributed by atoms with Crippen molar-refractivity contribution in [3.05, 3.63) is 48.4 Å². The number of fused-ring (bicyclic) bond motifs is 2. The van der Waals surface area contributed by atoms with Crippen LogP contribution in [0.2, 0.25) is 0 Å². The minimum atomic E-state index is -3.73. The summed E-state index contributed by atoms with van der Waals surface area (Å²) in [6, 6.07) is 8.00. The lowest BCUT2D eigenvalue weighted by atomic mass is 10.3. The van der Waals surface area contributed by atoms with E-state index in [0.717, 1.165) is 11.3 Å². The molecule has 124 valence electrons. The number of nitrogens with one attached hydrogen (secondary N) is 1. The molecule has 0 bridgehead atoms. The zero-order valence-corrected chi connectivity index (χ0v) is 13.7. The number of aryl methyl sites for hydroxylation is 1. The summed E-state index contributed by atoms with van der Waals surface area (Å²) in [6.07, 6.45) is 3.52. The fourth-order valence-corrected chi connectivity index (χ4v) is 3.64. The molecule has 0 saturated carbocycles. The topological polar surface area (TPSA) is 81.9 Å². The van der Waals surface area contributed by atoms with Gasteiger partial charge in [0.15, 0.2) is 11.5 Å². The van der Waals surface area contributed by atoms with E-state index in [-0.39, 0.29) is 4.90 Å². The summed E-state index contributed by atoms with van der Waals surface area (Å²) in [6.45, 7) is 2.74. The third-order valence-electron chi connectivity index (χ3n) is 3.65. The summed E-state index contributed by atoms with van der Waals surface area (Å²) < 4.78 is 40.4. The molecule has 4 rings (SSSR count). The van der Waals surface area contributed by atoms with E-state index in [0.29, 0.717) is 30.4 Å². The number of nitrogens with zero attached hydrogens (tertiary/aromatic N) is 2. The van der Waals surface area contributed by atoms with Gasteiger partial charge >= 0.3 is 0 Å². The minimum absolute atomic E-state index is 0.119. The summed E-state index contributed by atoms with van der Waals surface area (Å²) >= 11 is 0. The van der Waals surface area contributed by atoms with E-state index in [4.69, 9.17) is 9.47 Å². The molecular formula is C16H15N3O4S. The monoisotopic (exact) mass is 345 g/mol. The SMILES string of the molecule is Cc1cn2cc(NS(=O)(=O)c3ccc4c(c3)OCCO4)ccc2n1. The molecule has 2 aromatic heterocycles. The average molecular weight is 345 g/mol. The molecule has 0 saturated heterocycles. The first-order chi connectivity index (χ1) is 11.5. The molecule has 1 aliphatic rings. The fourth-order valence-electron chi connectivity index (χ4n) is 2.58. The lowest BCUT2D eigenvalue weighted by Crippen LogP contribution is -2.17. The van der Waals surface area contributed by atoms with Crippen molar-refractivity contribution in [2.75, 3.05) is 17.9 Å². The van der Waals surface area contributed by atoms with Crippen LogP contribution in [-0.2, 0) is 10.0 Å². The van der Waals surface area contributed by atoms with Crippen LogP contribution in [0.3, 0.4) is 0 Å². The second-order valence-corrected chi connectivity index (χ2v) is 7.16. The Morgan fingerprint density at radius 2 is 1.88 bits per heavy atom. The molecule has 24 heavy (non-hydrogen) atoms. The Balaban J connectivity index is 1.66. The van der Waals surface area contributed by atoms with Gasteiger partial charge in [-0.2, -0.15) is 0 Å². The van der Waals surface area contributed by atoms with E-state index < -0.39 is 10.0 Å². The quantitative estimate of drug-likeness (QED) is 0.787. The van der Waals surface area contributed by atoms with Gasteiger partial charge in [-0.15, -0.1) is 0 Å². The lowest BCUT2D eigenvalue weighted by Gasteiger charge is -2.19. The van der Waals surface area contributed by atoms with Gasteiger partial charge in [-0.05, 0) is 31.2 Å². The van der Waals surface area contributed by atoms with Crippen molar-refractivity contribution in [1.29, 1.82) is 0 Å². The highest BCUT2D eigenvalue weighted by Gasteiger charge is 2.19. The number of hydrogen-bond acceptors (Lipinski definition) is 5. The normalized spacial score (nSPS) is 13.9. The lowest BCUT2D eigenvalue weighted by molar-refractivity contribution is 0.171. The number of imidazole rings is 1. The first-order valence-corrected chi connectivity index (χ1v) is 8.87. The molecule has 0 aliphatic carbocycles. The minimum Gasteiger partial charge on any atom is -0.486 e. The molecule has 1 N–H and O–H groups in total. The number of anilines is 1. The van der Waals surface area contributed by atoms with E-state index in [9.17, 15) is 8.42 Å². The molecule has 0 unspecified atom stereocenters. The maximum absolute atomic E-state index is 12.6. The highest BCUT2D eigenvalue weighted by molar-refractivity contribution is 7.92. The average Bonchev–Trinajstić information content (AvgIpc) is 2.93. The van der Waals surface area contributed by atoms with Crippen molar-refractivity contribution in [3.63, 3.8) is 0 Å². The van der Waals surface area contributed by atoms with Crippen LogP contribution in [0, 0.1) is 6.92 Å². The summed E-state index contributed by atoms with van der Waals surface area (Å²) in [4.78, 5) is 4.43. The van der Waals surface area contributed by atoms with Gasteiger partial charge in [0.05, 0.1) is 16.3 Å². The van der Waals surface area contributed by atoms with Gasteiger partial charge in [0, 0.05) is 18.5 Å². The van der Waals surface area contributed by atoms with Gasteiger partial charge < -0.3 is 13.9 Å². The largest absolute Gasteiger partial charge is 0.486 e. The molecule has 1 aromatic carbocycles. The molecule has 0 amide bonds. The van der Waals surface area contributed by atoms with Crippen molar-refractivity contribution in [1.82, 2.24) is 9.38 Å². The summed E-state index contributed by atoms with van der Waals surface area (Å²) in [5.41, 5.74) is 2.08. The molecule has 3 heterocycles. The highest BCUT2D eigenvalue weighted by atomic mass is 32.2. The van der Waals surface area contributed by atoms with E-state index >= 15 is 0 Å². The van der Waals surface area contributed by atoms with Crippen LogP contribution < -0.4 is 14.2 Å². The van der Waals surface area contributed by atoms with Crippen LogP contribution in [0.15, 0.2) is 47.6 Å². The van der Waals surface area contributed by atoms with Crippen LogP contribution in [0.5, 0.6) is 11.5 Å². The van der Waals surface area contributed by atoms with Gasteiger partial charge in [-0.25, -0.2) is 13.4 Å². The summed E-state index contributed by atoms with van der Waals surface area (Å²) in [5, 5.41) is 0. The Bertz CT molecular complexity index is 1030. The molecule has 8 heteroatoms. The maximum Gasteiger partial charge on any atom is 0.262 e. The second kappa shape index (κ2) is 5.41. The molecule has 0 spiro atoms. The molecule has 0 fully saturated rings. The Hall–Kier alpha value is -2.74. The number of rotatable bonds is 3. The number of sulfonamides is 1. The van der Waals surface area contributed by atoms with E-state index in [1.54, 1.807) is 28.8 Å². The van der Waals surface area contributed by atoms with Crippen LogP contribution >= 0.6 is 0 Å². The maximum atomic E-state index is 12.6. The zero-order chi connectivity index (χ0) is 16.7. The third kappa shape index (κ3) is 2.65. The van der Waals surface area contributed by atoms with Gasteiger partial charge in [0.1, 0.15) is 18.9 Å². The number of pyridine rings is 1. The number of aromatic nitrogens is 2. The molecular weight excluding hydrogens is 330 g/mol. The third-order valence-corrected chi connectivity index (χ3v) is 5.03.